The highest BCUT2D eigenvalue weighted by molar-refractivity contribution is 7.89. The first-order chi connectivity index (χ1) is 13.2. The van der Waals surface area contributed by atoms with Crippen LogP contribution in [0.3, 0.4) is 0 Å². The maximum atomic E-state index is 12.8. The van der Waals surface area contributed by atoms with Crippen molar-refractivity contribution in [3.63, 3.8) is 0 Å². The van der Waals surface area contributed by atoms with Gasteiger partial charge in [0.25, 0.3) is 5.91 Å². The molecular weight excluding hydrogens is 386 g/mol. The number of rotatable bonds is 6. The number of carbonyl (C=O) groups excluding carboxylic acids is 2. The van der Waals surface area contributed by atoms with E-state index in [1.165, 1.54) is 32.4 Å². The second kappa shape index (κ2) is 7.49. The van der Waals surface area contributed by atoms with Gasteiger partial charge in [-0.15, -0.1) is 0 Å². The molecule has 3 N–H and O–H groups in total. The summed E-state index contributed by atoms with van der Waals surface area (Å²) in [6.45, 7) is 0. The fraction of sp³-hybridized carbons (Fsp3) is 0.222. The van der Waals surface area contributed by atoms with E-state index in [0.29, 0.717) is 22.9 Å². The van der Waals surface area contributed by atoms with Gasteiger partial charge in [-0.05, 0) is 30.3 Å². The van der Waals surface area contributed by atoms with Crippen LogP contribution < -0.4 is 24.8 Å². The number of nitrogens with two attached hydrogens (primary N) is 1. The maximum absolute atomic E-state index is 12.8. The zero-order valence-electron chi connectivity index (χ0n) is 15.2. The SMILES string of the molecule is COc1ccc(N2C(=O)C[C@H](Nc3cccc(S(N)(=O)=O)c3)C2=O)cc1OC. The van der Waals surface area contributed by atoms with Gasteiger partial charge in [0.2, 0.25) is 15.9 Å². The van der Waals surface area contributed by atoms with Crippen molar-refractivity contribution in [1.82, 2.24) is 0 Å². The smallest absolute Gasteiger partial charge is 0.256 e. The Morgan fingerprint density at radius 3 is 2.43 bits per heavy atom. The van der Waals surface area contributed by atoms with Gasteiger partial charge in [-0.2, -0.15) is 0 Å². The number of nitrogens with zero attached hydrogens (tertiary/aromatic N) is 1. The molecule has 1 atom stereocenters. The van der Waals surface area contributed by atoms with Crippen molar-refractivity contribution in [3.8, 4) is 11.5 Å². The Hall–Kier alpha value is -3.11. The van der Waals surface area contributed by atoms with Crippen LogP contribution in [0.4, 0.5) is 11.4 Å². The lowest BCUT2D eigenvalue weighted by Crippen LogP contribution is -2.34. The lowest BCUT2D eigenvalue weighted by molar-refractivity contribution is -0.121. The van der Waals surface area contributed by atoms with Gasteiger partial charge in [-0.1, -0.05) is 6.07 Å². The summed E-state index contributed by atoms with van der Waals surface area (Å²) in [5, 5.41) is 8.02. The van der Waals surface area contributed by atoms with Crippen LogP contribution in [-0.2, 0) is 19.6 Å². The largest absolute Gasteiger partial charge is 0.493 e. The summed E-state index contributed by atoms with van der Waals surface area (Å²) >= 11 is 0. The number of sulfonamides is 1. The number of primary sulfonamides is 1. The third-order valence-electron chi connectivity index (χ3n) is 4.28. The molecule has 1 saturated heterocycles. The molecule has 0 saturated carbocycles. The zero-order valence-corrected chi connectivity index (χ0v) is 16.0. The zero-order chi connectivity index (χ0) is 20.5. The number of hydrogen-bond acceptors (Lipinski definition) is 7. The van der Waals surface area contributed by atoms with E-state index in [0.717, 1.165) is 4.90 Å². The summed E-state index contributed by atoms with van der Waals surface area (Å²) in [6, 6.07) is 9.63. The van der Waals surface area contributed by atoms with Crippen molar-refractivity contribution >= 4 is 33.2 Å². The van der Waals surface area contributed by atoms with E-state index < -0.39 is 27.9 Å². The van der Waals surface area contributed by atoms with E-state index in [1.807, 2.05) is 0 Å². The van der Waals surface area contributed by atoms with Gasteiger partial charge < -0.3 is 14.8 Å². The van der Waals surface area contributed by atoms with Gasteiger partial charge in [-0.3, -0.25) is 9.59 Å². The Kier molecular flexibility index (Phi) is 5.25. The Bertz CT molecular complexity index is 1040. The van der Waals surface area contributed by atoms with E-state index in [4.69, 9.17) is 14.6 Å². The Balaban J connectivity index is 1.85. The van der Waals surface area contributed by atoms with Crippen LogP contribution in [0.2, 0.25) is 0 Å². The molecule has 0 radical (unpaired) electrons. The van der Waals surface area contributed by atoms with Crippen molar-refractivity contribution in [2.45, 2.75) is 17.4 Å². The molecule has 28 heavy (non-hydrogen) atoms. The van der Waals surface area contributed by atoms with Crippen molar-refractivity contribution in [2.24, 2.45) is 5.14 Å². The maximum Gasteiger partial charge on any atom is 0.256 e. The van der Waals surface area contributed by atoms with E-state index in [2.05, 4.69) is 5.32 Å². The van der Waals surface area contributed by atoms with Gasteiger partial charge in [0, 0.05) is 11.8 Å². The highest BCUT2D eigenvalue weighted by Gasteiger charge is 2.40. The van der Waals surface area contributed by atoms with Crippen LogP contribution in [-0.4, -0.2) is 40.5 Å². The number of anilines is 2. The number of imide groups is 1. The molecule has 0 bridgehead atoms. The van der Waals surface area contributed by atoms with Crippen molar-refractivity contribution in [2.75, 3.05) is 24.4 Å². The number of hydrogen-bond donors (Lipinski definition) is 2. The van der Waals surface area contributed by atoms with E-state index in [9.17, 15) is 18.0 Å². The molecule has 1 aliphatic rings. The van der Waals surface area contributed by atoms with Gasteiger partial charge >= 0.3 is 0 Å². The van der Waals surface area contributed by atoms with Crippen molar-refractivity contribution in [1.29, 1.82) is 0 Å². The standard InChI is InChI=1S/C18H19N3O6S/c1-26-15-7-6-12(9-16(15)27-2)21-17(22)10-14(18(21)23)20-11-4-3-5-13(8-11)28(19,24)25/h3-9,14,20H,10H2,1-2H3,(H2,19,24,25)/t14-/m0/s1. The molecule has 9 nitrogen and oxygen atoms in total. The lowest BCUT2D eigenvalue weighted by Gasteiger charge is -2.18. The summed E-state index contributed by atoms with van der Waals surface area (Å²) in [7, 11) is -0.937. The minimum Gasteiger partial charge on any atom is -0.493 e. The molecular formula is C18H19N3O6S. The predicted octanol–water partition coefficient (Wildman–Crippen LogP) is 1.10. The summed E-state index contributed by atoms with van der Waals surface area (Å²) in [5.41, 5.74) is 0.724. The third kappa shape index (κ3) is 3.78. The molecule has 10 heteroatoms. The first kappa shape index (κ1) is 19.6. The summed E-state index contributed by atoms with van der Waals surface area (Å²) in [5.74, 6) is 0.00763. The lowest BCUT2D eigenvalue weighted by atomic mass is 10.2. The molecule has 2 amide bonds. The fourth-order valence-electron chi connectivity index (χ4n) is 2.94. The second-order valence-electron chi connectivity index (χ2n) is 6.08. The molecule has 1 heterocycles. The van der Waals surface area contributed by atoms with Crippen LogP contribution in [0.25, 0.3) is 0 Å². The molecule has 3 rings (SSSR count). The molecule has 0 aliphatic carbocycles. The molecule has 148 valence electrons. The minimum atomic E-state index is -3.88. The van der Waals surface area contributed by atoms with Crippen LogP contribution in [0.15, 0.2) is 47.4 Å². The predicted molar refractivity (Wildman–Crippen MR) is 102 cm³/mol. The number of amides is 2. The fourth-order valence-corrected chi connectivity index (χ4v) is 3.50. The Morgan fingerprint density at radius 1 is 1.07 bits per heavy atom. The monoisotopic (exact) mass is 405 g/mol. The van der Waals surface area contributed by atoms with Gasteiger partial charge in [0.15, 0.2) is 11.5 Å². The minimum absolute atomic E-state index is 0.0766. The van der Waals surface area contributed by atoms with Gasteiger partial charge in [-0.25, -0.2) is 18.5 Å². The number of benzene rings is 2. The topological polar surface area (TPSA) is 128 Å². The van der Waals surface area contributed by atoms with Crippen LogP contribution in [0.5, 0.6) is 11.5 Å². The highest BCUT2D eigenvalue weighted by atomic mass is 32.2. The summed E-state index contributed by atoms with van der Waals surface area (Å²) < 4.78 is 33.4. The van der Waals surface area contributed by atoms with Crippen LogP contribution in [0.1, 0.15) is 6.42 Å². The molecule has 2 aromatic rings. The van der Waals surface area contributed by atoms with Crippen LogP contribution in [0, 0.1) is 0 Å². The van der Waals surface area contributed by atoms with E-state index in [1.54, 1.807) is 24.3 Å². The summed E-state index contributed by atoms with van der Waals surface area (Å²) in [6.07, 6.45) is -0.0766. The number of ether oxygens (including phenoxy) is 2. The average Bonchev–Trinajstić information content (AvgIpc) is 2.94. The highest BCUT2D eigenvalue weighted by Crippen LogP contribution is 2.34. The molecule has 0 unspecified atom stereocenters. The molecule has 1 aliphatic heterocycles. The normalized spacial score (nSPS) is 17.0. The number of carbonyl (C=O) groups is 2. The third-order valence-corrected chi connectivity index (χ3v) is 5.19. The van der Waals surface area contributed by atoms with Crippen LogP contribution >= 0.6 is 0 Å². The van der Waals surface area contributed by atoms with E-state index in [-0.39, 0.29) is 11.3 Å². The molecule has 2 aromatic carbocycles. The number of nitrogens with one attached hydrogen (secondary N) is 1. The average molecular weight is 405 g/mol. The van der Waals surface area contributed by atoms with Crippen molar-refractivity contribution < 1.29 is 27.5 Å². The van der Waals surface area contributed by atoms with Crippen molar-refractivity contribution in [3.05, 3.63) is 42.5 Å². The second-order valence-corrected chi connectivity index (χ2v) is 7.64. The molecule has 0 spiro atoms. The summed E-state index contributed by atoms with van der Waals surface area (Å²) in [4.78, 5) is 26.2. The molecule has 1 fully saturated rings. The first-order valence-corrected chi connectivity index (χ1v) is 9.77. The number of methoxy groups -OCH3 is 2. The molecule has 0 aromatic heterocycles. The Labute approximate surface area is 162 Å². The van der Waals surface area contributed by atoms with Gasteiger partial charge in [0.1, 0.15) is 6.04 Å². The van der Waals surface area contributed by atoms with Gasteiger partial charge in [0.05, 0.1) is 31.2 Å². The van der Waals surface area contributed by atoms with E-state index >= 15 is 0 Å². The Morgan fingerprint density at radius 2 is 1.79 bits per heavy atom. The quantitative estimate of drug-likeness (QED) is 0.689. The first-order valence-electron chi connectivity index (χ1n) is 8.23.